The summed E-state index contributed by atoms with van der Waals surface area (Å²) in [4.78, 5) is 14.4. The van der Waals surface area contributed by atoms with Crippen LogP contribution in [-0.4, -0.2) is 15.0 Å². The molecule has 202 valence electrons. The van der Waals surface area contributed by atoms with Crippen LogP contribution in [0.2, 0.25) is 0 Å². The van der Waals surface area contributed by atoms with Gasteiger partial charge in [-0.2, -0.15) is 0 Å². The van der Waals surface area contributed by atoms with Crippen LogP contribution in [-0.2, 0) is 0 Å². The van der Waals surface area contributed by atoms with Gasteiger partial charge in [0.05, 0.1) is 11.4 Å². The first-order valence-corrected chi connectivity index (χ1v) is 15.1. The fraction of sp³-hybridized carbons (Fsp3) is 0. The lowest BCUT2D eigenvalue weighted by Gasteiger charge is -2.13. The molecular formula is C39H25N3S. The molecule has 0 saturated heterocycles. The summed E-state index contributed by atoms with van der Waals surface area (Å²) < 4.78 is 2.64. The fourth-order valence-corrected chi connectivity index (χ4v) is 6.76. The van der Waals surface area contributed by atoms with Crippen molar-refractivity contribution in [2.24, 2.45) is 0 Å². The van der Waals surface area contributed by atoms with Gasteiger partial charge >= 0.3 is 0 Å². The number of hydrogen-bond acceptors (Lipinski definition) is 4. The first-order chi connectivity index (χ1) is 21.3. The number of benzene rings is 5. The van der Waals surface area contributed by atoms with Gasteiger partial charge in [0.15, 0.2) is 5.82 Å². The Morgan fingerprint density at radius 1 is 0.395 bits per heavy atom. The smallest absolute Gasteiger partial charge is 0.161 e. The van der Waals surface area contributed by atoms with Crippen molar-refractivity contribution in [1.29, 1.82) is 0 Å². The van der Waals surface area contributed by atoms with Crippen molar-refractivity contribution in [2.75, 3.05) is 0 Å². The van der Waals surface area contributed by atoms with Gasteiger partial charge in [-0.05, 0) is 58.7 Å². The van der Waals surface area contributed by atoms with Crippen LogP contribution in [0.4, 0.5) is 0 Å². The standard InChI is InChI=1S/C39H25N3S/c1-2-8-28(9-3-1)35-25-36(42-39(41-35)33-12-5-4-10-31(33)27-20-22-40-23-21-27)29-16-14-26(15-17-29)30-18-19-38-34(24-30)32-11-6-7-13-37(32)43-38/h1-25H. The largest absolute Gasteiger partial charge is 0.265 e. The van der Waals surface area contributed by atoms with E-state index in [4.69, 9.17) is 9.97 Å². The second kappa shape index (κ2) is 10.8. The maximum Gasteiger partial charge on any atom is 0.161 e. The van der Waals surface area contributed by atoms with Gasteiger partial charge < -0.3 is 0 Å². The third kappa shape index (κ3) is 4.78. The molecule has 3 heterocycles. The van der Waals surface area contributed by atoms with Crippen LogP contribution in [0.1, 0.15) is 0 Å². The summed E-state index contributed by atoms with van der Waals surface area (Å²) >= 11 is 1.85. The molecule has 8 rings (SSSR count). The molecule has 0 spiro atoms. The zero-order chi connectivity index (χ0) is 28.6. The molecule has 0 N–H and O–H groups in total. The highest BCUT2D eigenvalue weighted by atomic mass is 32.1. The van der Waals surface area contributed by atoms with E-state index in [0.29, 0.717) is 5.82 Å². The Labute approximate surface area is 253 Å². The molecule has 0 aliphatic rings. The van der Waals surface area contributed by atoms with E-state index in [2.05, 4.69) is 108 Å². The van der Waals surface area contributed by atoms with Crippen molar-refractivity contribution < 1.29 is 0 Å². The number of hydrogen-bond donors (Lipinski definition) is 0. The Bertz CT molecular complexity index is 2220. The van der Waals surface area contributed by atoms with E-state index in [1.165, 1.54) is 31.3 Å². The molecule has 8 aromatic rings. The second-order valence-corrected chi connectivity index (χ2v) is 11.6. The molecule has 43 heavy (non-hydrogen) atoms. The minimum absolute atomic E-state index is 0.697. The first-order valence-electron chi connectivity index (χ1n) is 14.3. The number of thiophene rings is 1. The van der Waals surface area contributed by atoms with Crippen molar-refractivity contribution >= 4 is 31.5 Å². The number of aromatic nitrogens is 3. The Kier molecular flexibility index (Phi) is 6.32. The highest BCUT2D eigenvalue weighted by Crippen LogP contribution is 2.37. The lowest BCUT2D eigenvalue weighted by atomic mass is 9.98. The third-order valence-electron chi connectivity index (χ3n) is 7.85. The summed E-state index contributed by atoms with van der Waals surface area (Å²) in [6.07, 6.45) is 3.64. The molecule has 3 aromatic heterocycles. The lowest BCUT2D eigenvalue weighted by Crippen LogP contribution is -1.97. The highest BCUT2D eigenvalue weighted by Gasteiger charge is 2.15. The van der Waals surface area contributed by atoms with Crippen molar-refractivity contribution in [2.45, 2.75) is 0 Å². The quantitative estimate of drug-likeness (QED) is 0.208. The monoisotopic (exact) mass is 567 g/mol. The van der Waals surface area contributed by atoms with E-state index in [9.17, 15) is 0 Å². The zero-order valence-corrected chi connectivity index (χ0v) is 24.0. The fourth-order valence-electron chi connectivity index (χ4n) is 5.67. The van der Waals surface area contributed by atoms with Crippen molar-refractivity contribution in [3.63, 3.8) is 0 Å². The lowest BCUT2D eigenvalue weighted by molar-refractivity contribution is 1.18. The van der Waals surface area contributed by atoms with E-state index in [0.717, 1.165) is 39.2 Å². The highest BCUT2D eigenvalue weighted by molar-refractivity contribution is 7.25. The normalized spacial score (nSPS) is 11.3. The summed E-state index contributed by atoms with van der Waals surface area (Å²) in [5.74, 6) is 0.697. The van der Waals surface area contributed by atoms with Gasteiger partial charge in [0.1, 0.15) is 0 Å². The molecule has 5 aromatic carbocycles. The predicted octanol–water partition coefficient (Wildman–Crippen LogP) is 10.6. The molecular weight excluding hydrogens is 543 g/mol. The van der Waals surface area contributed by atoms with Crippen LogP contribution < -0.4 is 0 Å². The topological polar surface area (TPSA) is 38.7 Å². The van der Waals surface area contributed by atoms with E-state index in [1.54, 1.807) is 0 Å². The van der Waals surface area contributed by atoms with Gasteiger partial charge in [0.25, 0.3) is 0 Å². The van der Waals surface area contributed by atoms with E-state index < -0.39 is 0 Å². The SMILES string of the molecule is c1ccc(-c2cc(-c3ccc(-c4ccc5sc6ccccc6c5c4)cc3)nc(-c3ccccc3-c3ccncc3)n2)cc1. The van der Waals surface area contributed by atoms with E-state index in [1.807, 2.05) is 60.1 Å². The van der Waals surface area contributed by atoms with Crippen LogP contribution in [0.3, 0.4) is 0 Å². The zero-order valence-electron chi connectivity index (χ0n) is 23.2. The molecule has 4 heteroatoms. The number of rotatable bonds is 5. The molecule has 0 bridgehead atoms. The Balaban J connectivity index is 1.23. The molecule has 0 saturated carbocycles. The number of nitrogens with zero attached hydrogens (tertiary/aromatic N) is 3. The molecule has 0 radical (unpaired) electrons. The second-order valence-electron chi connectivity index (χ2n) is 10.5. The maximum absolute atomic E-state index is 5.13. The molecule has 0 amide bonds. The van der Waals surface area contributed by atoms with Crippen LogP contribution in [0.5, 0.6) is 0 Å². The average Bonchev–Trinajstić information content (AvgIpc) is 3.47. The van der Waals surface area contributed by atoms with Crippen molar-refractivity contribution in [3.05, 3.63) is 152 Å². The molecule has 0 aliphatic heterocycles. The maximum atomic E-state index is 5.13. The van der Waals surface area contributed by atoms with E-state index >= 15 is 0 Å². The van der Waals surface area contributed by atoms with Gasteiger partial charge in [-0.1, -0.05) is 103 Å². The van der Waals surface area contributed by atoms with Gasteiger partial charge in [-0.15, -0.1) is 11.3 Å². The van der Waals surface area contributed by atoms with Crippen LogP contribution in [0.25, 0.3) is 76.3 Å². The van der Waals surface area contributed by atoms with Gasteiger partial charge in [-0.3, -0.25) is 4.98 Å². The number of pyridine rings is 1. The first kappa shape index (κ1) is 25.3. The van der Waals surface area contributed by atoms with Crippen LogP contribution in [0.15, 0.2) is 152 Å². The predicted molar refractivity (Wildman–Crippen MR) is 180 cm³/mol. The Hall–Kier alpha value is -5.45. The molecule has 0 aliphatic carbocycles. The van der Waals surface area contributed by atoms with Gasteiger partial charge in [-0.25, -0.2) is 9.97 Å². The van der Waals surface area contributed by atoms with E-state index in [-0.39, 0.29) is 0 Å². The van der Waals surface area contributed by atoms with Crippen LogP contribution >= 0.6 is 11.3 Å². The third-order valence-corrected chi connectivity index (χ3v) is 9.00. The molecule has 0 fully saturated rings. The summed E-state index contributed by atoms with van der Waals surface area (Å²) in [7, 11) is 0. The summed E-state index contributed by atoms with van der Waals surface area (Å²) in [5, 5.41) is 2.62. The number of fused-ring (bicyclic) bond motifs is 3. The summed E-state index contributed by atoms with van der Waals surface area (Å²) in [6, 6.07) is 48.9. The Morgan fingerprint density at radius 3 is 1.79 bits per heavy atom. The minimum atomic E-state index is 0.697. The van der Waals surface area contributed by atoms with Crippen molar-refractivity contribution in [1.82, 2.24) is 15.0 Å². The minimum Gasteiger partial charge on any atom is -0.265 e. The Morgan fingerprint density at radius 2 is 1.00 bits per heavy atom. The van der Waals surface area contributed by atoms with Crippen LogP contribution in [0, 0.1) is 0 Å². The summed E-state index contributed by atoms with van der Waals surface area (Å²) in [6.45, 7) is 0. The average molecular weight is 568 g/mol. The molecule has 3 nitrogen and oxygen atoms in total. The van der Waals surface area contributed by atoms with Crippen molar-refractivity contribution in [3.8, 4) is 56.2 Å². The van der Waals surface area contributed by atoms with Gasteiger partial charge in [0, 0.05) is 49.3 Å². The van der Waals surface area contributed by atoms with Gasteiger partial charge in [0.2, 0.25) is 0 Å². The summed E-state index contributed by atoms with van der Waals surface area (Å²) in [5.41, 5.74) is 9.43. The molecule has 0 atom stereocenters. The molecule has 0 unspecified atom stereocenters.